The minimum atomic E-state index is -0.792. The molecular weight excluding hydrogens is 434 g/mol. The molecule has 0 radical (unpaired) electrons. The number of rotatable bonds is 6. The summed E-state index contributed by atoms with van der Waals surface area (Å²) < 4.78 is 33.5. The quantitative estimate of drug-likeness (QED) is 0.477. The van der Waals surface area contributed by atoms with Crippen LogP contribution >= 0.6 is 0 Å². The number of aryl methyl sites for hydroxylation is 1. The smallest absolute Gasteiger partial charge is 0.320 e. The second-order valence-corrected chi connectivity index (χ2v) is 8.08. The first kappa shape index (κ1) is 22.4. The van der Waals surface area contributed by atoms with Gasteiger partial charge in [0, 0.05) is 5.69 Å². The van der Waals surface area contributed by atoms with E-state index in [2.05, 4.69) is 20.8 Å². The van der Waals surface area contributed by atoms with E-state index in [1.54, 1.807) is 25.1 Å². The zero-order valence-corrected chi connectivity index (χ0v) is 17.8. The van der Waals surface area contributed by atoms with E-state index in [1.807, 2.05) is 0 Å². The lowest BCUT2D eigenvalue weighted by atomic mass is 9.79. The summed E-state index contributed by atoms with van der Waals surface area (Å²) in [7, 11) is 0. The summed E-state index contributed by atoms with van der Waals surface area (Å²) >= 11 is 0. The minimum Gasteiger partial charge on any atom is -0.481 e. The minimum absolute atomic E-state index is 0.0451. The van der Waals surface area contributed by atoms with Gasteiger partial charge in [-0.05, 0) is 73.9 Å². The van der Waals surface area contributed by atoms with Crippen LogP contribution in [0.3, 0.4) is 0 Å². The van der Waals surface area contributed by atoms with Crippen LogP contribution in [0, 0.1) is 24.5 Å². The molecule has 0 atom stereocenters. The average molecular weight is 456 g/mol. The standard InChI is InChI=1S/C23H22F2N4O4/c1-12-2-8-16(11-17(12)24)26-23-29-28-21(33-23)20(30)27-19-9-7-15(10-18(19)25)13-3-5-14(6-4-13)22(31)32/h2,7-11,13-14H,3-6H2,1H3,(H,26,29)(H,27,30)(H,31,32)/t13-,14-. The largest absolute Gasteiger partial charge is 0.481 e. The van der Waals surface area contributed by atoms with Crippen LogP contribution in [-0.4, -0.2) is 27.2 Å². The fourth-order valence-corrected chi connectivity index (χ4v) is 3.90. The summed E-state index contributed by atoms with van der Waals surface area (Å²) in [5.74, 6) is -3.26. The molecule has 172 valence electrons. The Morgan fingerprint density at radius 2 is 1.79 bits per heavy atom. The number of amides is 1. The van der Waals surface area contributed by atoms with Crippen molar-refractivity contribution in [2.75, 3.05) is 10.6 Å². The number of carboxylic acid groups (broad SMARTS) is 1. The highest BCUT2D eigenvalue weighted by Crippen LogP contribution is 2.36. The molecule has 1 heterocycles. The SMILES string of the molecule is Cc1ccc(Nc2nnc(C(=O)Nc3ccc([C@H]4CC[C@H](C(=O)O)CC4)cc3F)o2)cc1F. The average Bonchev–Trinajstić information content (AvgIpc) is 3.26. The van der Waals surface area contributed by atoms with Crippen LogP contribution in [0.4, 0.5) is 26.2 Å². The molecule has 1 aromatic heterocycles. The number of nitrogens with zero attached hydrogens (tertiary/aromatic N) is 2. The maximum Gasteiger partial charge on any atom is 0.320 e. The molecule has 0 unspecified atom stereocenters. The Morgan fingerprint density at radius 1 is 1.03 bits per heavy atom. The molecule has 33 heavy (non-hydrogen) atoms. The first-order valence-corrected chi connectivity index (χ1v) is 10.5. The molecule has 8 nitrogen and oxygen atoms in total. The highest BCUT2D eigenvalue weighted by Gasteiger charge is 2.27. The summed E-state index contributed by atoms with van der Waals surface area (Å²) in [6.45, 7) is 1.63. The number of aliphatic carboxylic acids is 1. The van der Waals surface area contributed by atoms with Gasteiger partial charge >= 0.3 is 23.8 Å². The van der Waals surface area contributed by atoms with Crippen molar-refractivity contribution in [1.29, 1.82) is 0 Å². The van der Waals surface area contributed by atoms with Gasteiger partial charge in [-0.25, -0.2) is 8.78 Å². The molecule has 0 bridgehead atoms. The lowest BCUT2D eigenvalue weighted by molar-refractivity contribution is -0.142. The fourth-order valence-electron chi connectivity index (χ4n) is 3.90. The van der Waals surface area contributed by atoms with Crippen molar-refractivity contribution in [3.05, 3.63) is 65.1 Å². The van der Waals surface area contributed by atoms with Gasteiger partial charge in [0.05, 0.1) is 11.6 Å². The summed E-state index contributed by atoms with van der Waals surface area (Å²) in [5.41, 5.74) is 1.57. The van der Waals surface area contributed by atoms with Crippen LogP contribution in [0.25, 0.3) is 0 Å². The van der Waals surface area contributed by atoms with E-state index in [0.29, 0.717) is 36.9 Å². The van der Waals surface area contributed by atoms with Crippen LogP contribution < -0.4 is 10.6 Å². The van der Waals surface area contributed by atoms with Crippen molar-refractivity contribution in [3.63, 3.8) is 0 Å². The second-order valence-electron chi connectivity index (χ2n) is 8.08. The van der Waals surface area contributed by atoms with Crippen molar-refractivity contribution in [2.45, 2.75) is 38.5 Å². The first-order valence-electron chi connectivity index (χ1n) is 10.5. The van der Waals surface area contributed by atoms with Gasteiger partial charge in [0.15, 0.2) is 0 Å². The summed E-state index contributed by atoms with van der Waals surface area (Å²) in [4.78, 5) is 23.5. The Kier molecular flexibility index (Phi) is 6.34. The summed E-state index contributed by atoms with van der Waals surface area (Å²) in [6, 6.07) is 8.86. The number of hydrogen-bond acceptors (Lipinski definition) is 6. The number of nitrogens with one attached hydrogen (secondary N) is 2. The third-order valence-corrected chi connectivity index (χ3v) is 5.83. The van der Waals surface area contributed by atoms with E-state index in [0.717, 1.165) is 5.56 Å². The number of anilines is 3. The molecule has 2 aromatic carbocycles. The number of carbonyl (C=O) groups is 2. The number of benzene rings is 2. The predicted molar refractivity (Wildman–Crippen MR) is 115 cm³/mol. The van der Waals surface area contributed by atoms with Gasteiger partial charge in [0.2, 0.25) is 0 Å². The van der Waals surface area contributed by atoms with Gasteiger partial charge in [-0.15, -0.1) is 5.10 Å². The van der Waals surface area contributed by atoms with E-state index < -0.39 is 23.5 Å². The second kappa shape index (κ2) is 9.35. The summed E-state index contributed by atoms with van der Waals surface area (Å²) in [6.07, 6.45) is 2.46. The molecular formula is C23H22F2N4O4. The molecule has 3 N–H and O–H groups in total. The Bertz CT molecular complexity index is 1190. The third kappa shape index (κ3) is 5.16. The fraction of sp³-hybridized carbons (Fsp3) is 0.304. The monoisotopic (exact) mass is 456 g/mol. The number of hydrogen-bond donors (Lipinski definition) is 3. The van der Waals surface area contributed by atoms with E-state index >= 15 is 0 Å². The number of carbonyl (C=O) groups excluding carboxylic acids is 1. The van der Waals surface area contributed by atoms with Gasteiger partial charge in [-0.1, -0.05) is 17.2 Å². The van der Waals surface area contributed by atoms with Crippen molar-refractivity contribution in [2.24, 2.45) is 5.92 Å². The molecule has 0 saturated heterocycles. The molecule has 0 aliphatic heterocycles. The highest BCUT2D eigenvalue weighted by molar-refractivity contribution is 6.01. The molecule has 1 saturated carbocycles. The Balaban J connectivity index is 1.38. The van der Waals surface area contributed by atoms with Gasteiger partial charge in [-0.3, -0.25) is 9.59 Å². The van der Waals surface area contributed by atoms with Crippen LogP contribution in [0.15, 0.2) is 40.8 Å². The molecule has 10 heteroatoms. The topological polar surface area (TPSA) is 117 Å². The number of halogens is 2. The zero-order chi connectivity index (χ0) is 23.5. The van der Waals surface area contributed by atoms with Gasteiger partial charge in [-0.2, -0.15) is 0 Å². The molecule has 3 aromatic rings. The Morgan fingerprint density at radius 3 is 2.45 bits per heavy atom. The number of carboxylic acids is 1. The van der Waals surface area contributed by atoms with Crippen molar-refractivity contribution < 1.29 is 27.9 Å². The molecule has 1 aliphatic carbocycles. The van der Waals surface area contributed by atoms with Crippen molar-refractivity contribution in [3.8, 4) is 0 Å². The van der Waals surface area contributed by atoms with E-state index in [1.165, 1.54) is 18.2 Å². The summed E-state index contributed by atoms with van der Waals surface area (Å²) in [5, 5.41) is 21.5. The lowest BCUT2D eigenvalue weighted by Crippen LogP contribution is -2.20. The molecule has 1 amide bonds. The van der Waals surface area contributed by atoms with Crippen LogP contribution in [0.2, 0.25) is 0 Å². The van der Waals surface area contributed by atoms with E-state index in [-0.39, 0.29) is 29.4 Å². The molecule has 4 rings (SSSR count). The zero-order valence-electron chi connectivity index (χ0n) is 17.8. The van der Waals surface area contributed by atoms with Crippen molar-refractivity contribution >= 4 is 29.3 Å². The van der Waals surface area contributed by atoms with E-state index in [9.17, 15) is 18.4 Å². The molecule has 1 aliphatic rings. The normalized spacial score (nSPS) is 18.0. The molecule has 0 spiro atoms. The van der Waals surface area contributed by atoms with E-state index in [4.69, 9.17) is 9.52 Å². The van der Waals surface area contributed by atoms with Gasteiger partial charge < -0.3 is 20.2 Å². The Hall–Kier alpha value is -3.82. The van der Waals surface area contributed by atoms with Gasteiger partial charge in [0.25, 0.3) is 0 Å². The number of aromatic nitrogens is 2. The maximum atomic E-state index is 14.6. The van der Waals surface area contributed by atoms with Crippen molar-refractivity contribution in [1.82, 2.24) is 10.2 Å². The highest BCUT2D eigenvalue weighted by atomic mass is 19.1. The maximum absolute atomic E-state index is 14.6. The van der Waals surface area contributed by atoms with Crippen LogP contribution in [-0.2, 0) is 4.79 Å². The molecule has 1 fully saturated rings. The Labute approximate surface area is 188 Å². The van der Waals surface area contributed by atoms with Gasteiger partial charge in [0.1, 0.15) is 11.6 Å². The third-order valence-electron chi connectivity index (χ3n) is 5.83. The van der Waals surface area contributed by atoms with Crippen LogP contribution in [0.5, 0.6) is 0 Å². The lowest BCUT2D eigenvalue weighted by Gasteiger charge is -2.26. The first-order chi connectivity index (χ1) is 15.8. The van der Waals surface area contributed by atoms with Crippen LogP contribution in [0.1, 0.15) is 53.4 Å². The predicted octanol–water partition coefficient (Wildman–Crippen LogP) is 5.01.